The Hall–Kier alpha value is -5.03. The summed E-state index contributed by atoms with van der Waals surface area (Å²) in [5.74, 6) is 0.134. The molecule has 0 N–H and O–H groups in total. The van der Waals surface area contributed by atoms with Crippen LogP contribution in [-0.2, 0) is 33.3 Å². The maximum atomic E-state index is 11.3. The molecule has 0 aliphatic carbocycles. The smallest absolute Gasteiger partial charge is 0.330 e. The van der Waals surface area contributed by atoms with Crippen LogP contribution in [0, 0.1) is 0 Å². The lowest BCUT2D eigenvalue weighted by Crippen LogP contribution is -2.12. The van der Waals surface area contributed by atoms with Crippen molar-refractivity contribution in [3.8, 4) is 23.0 Å². The van der Waals surface area contributed by atoms with Gasteiger partial charge < -0.3 is 37.9 Å². The topological polar surface area (TPSA) is 125 Å². The monoisotopic (exact) mass is 596 g/mol. The van der Waals surface area contributed by atoms with Gasteiger partial charge in [0.15, 0.2) is 23.0 Å². The van der Waals surface area contributed by atoms with Gasteiger partial charge in [0.25, 0.3) is 0 Å². The molecule has 2 aromatic carbocycles. The van der Waals surface area contributed by atoms with Crippen LogP contribution in [0.1, 0.15) is 11.1 Å². The summed E-state index contributed by atoms with van der Waals surface area (Å²) in [6.07, 6.45) is 6.94. The van der Waals surface area contributed by atoms with Gasteiger partial charge in [-0.1, -0.05) is 44.0 Å². The van der Waals surface area contributed by atoms with E-state index in [2.05, 4.69) is 19.7 Å². The molecule has 43 heavy (non-hydrogen) atoms. The zero-order valence-corrected chi connectivity index (χ0v) is 24.1. The summed E-state index contributed by atoms with van der Waals surface area (Å²) in [6, 6.07) is 10.7. The molecule has 2 rings (SSSR count). The first-order valence-corrected chi connectivity index (χ1v) is 13.2. The van der Waals surface area contributed by atoms with Gasteiger partial charge in [0.05, 0.1) is 6.61 Å². The molecule has 0 saturated carbocycles. The van der Waals surface area contributed by atoms with E-state index in [1.54, 1.807) is 31.4 Å². The molecule has 0 saturated heterocycles. The van der Waals surface area contributed by atoms with Crippen molar-refractivity contribution in [2.24, 2.45) is 0 Å². The van der Waals surface area contributed by atoms with Gasteiger partial charge in [-0.3, -0.25) is 0 Å². The van der Waals surface area contributed by atoms with Gasteiger partial charge in [-0.15, -0.1) is 0 Å². The van der Waals surface area contributed by atoms with Gasteiger partial charge in [0.2, 0.25) is 0 Å². The number of carbonyl (C=O) groups excluding carboxylic acids is 3. The summed E-state index contributed by atoms with van der Waals surface area (Å²) < 4.78 is 43.0. The normalized spacial score (nSPS) is 10.3. The number of hydrogen-bond acceptors (Lipinski definition) is 11. The molecule has 0 amide bonds. The van der Waals surface area contributed by atoms with Gasteiger partial charge in [0, 0.05) is 25.3 Å². The van der Waals surface area contributed by atoms with Crippen LogP contribution in [0.2, 0.25) is 0 Å². The summed E-state index contributed by atoms with van der Waals surface area (Å²) in [6.45, 7) is 11.2. The largest absolute Gasteiger partial charge is 0.487 e. The predicted molar refractivity (Wildman–Crippen MR) is 159 cm³/mol. The second-order valence-electron chi connectivity index (χ2n) is 8.25. The van der Waals surface area contributed by atoms with Crippen LogP contribution in [0.5, 0.6) is 23.0 Å². The second kappa shape index (κ2) is 19.9. The molecular weight excluding hydrogens is 560 g/mol. The Kier molecular flexibility index (Phi) is 15.9. The molecule has 0 spiro atoms. The Morgan fingerprint density at radius 2 is 0.884 bits per heavy atom. The van der Waals surface area contributed by atoms with E-state index in [1.165, 1.54) is 0 Å². The second-order valence-corrected chi connectivity index (χ2v) is 8.25. The van der Waals surface area contributed by atoms with Crippen molar-refractivity contribution in [2.75, 3.05) is 60.0 Å². The Morgan fingerprint density at radius 3 is 1.23 bits per heavy atom. The molecule has 11 heteroatoms. The standard InChI is InChI=1S/C32H36O11/c1-5-30(33)41-19-16-38-27-13-11-25(23-29(27)40-18-21-43-32(35)7-3)9-8-24-10-12-26(37-15-14-36-4)28(22-24)39-17-20-42-31(34)6-2/h5-13,22-23H,1-3,14-21H2,4H3/b9-8+. The van der Waals surface area contributed by atoms with Crippen LogP contribution in [0.3, 0.4) is 0 Å². The van der Waals surface area contributed by atoms with Crippen molar-refractivity contribution in [2.45, 2.75) is 0 Å². The SMILES string of the molecule is C=CC(=O)OCCOc1cc(/C=C/c2ccc(OCCOC(=O)C=C)c(OCCOC(=O)C=C)c2)ccc1OCCOC. The van der Waals surface area contributed by atoms with Crippen LogP contribution in [0.4, 0.5) is 0 Å². The zero-order chi connectivity index (χ0) is 31.3. The first-order valence-electron chi connectivity index (χ1n) is 13.2. The van der Waals surface area contributed by atoms with Crippen molar-refractivity contribution in [3.05, 3.63) is 85.5 Å². The summed E-state index contributed by atoms with van der Waals surface area (Å²) in [7, 11) is 1.58. The lowest BCUT2D eigenvalue weighted by atomic mass is 10.1. The summed E-state index contributed by atoms with van der Waals surface area (Å²) in [4.78, 5) is 33.9. The maximum absolute atomic E-state index is 11.3. The Balaban J connectivity index is 2.17. The highest BCUT2D eigenvalue weighted by atomic mass is 16.6. The van der Waals surface area contributed by atoms with E-state index < -0.39 is 17.9 Å². The Labute approximate surface area is 250 Å². The number of esters is 3. The van der Waals surface area contributed by atoms with E-state index in [-0.39, 0.29) is 39.6 Å². The molecule has 0 aliphatic heterocycles. The molecule has 0 aromatic heterocycles. The van der Waals surface area contributed by atoms with Crippen molar-refractivity contribution in [3.63, 3.8) is 0 Å². The average Bonchev–Trinajstić information content (AvgIpc) is 3.03. The number of rotatable bonds is 21. The number of benzene rings is 2. The number of carbonyl (C=O) groups is 3. The van der Waals surface area contributed by atoms with E-state index in [0.717, 1.165) is 29.4 Å². The Morgan fingerprint density at radius 1 is 0.535 bits per heavy atom. The molecule has 0 radical (unpaired) electrons. The highest BCUT2D eigenvalue weighted by Crippen LogP contribution is 2.31. The molecule has 0 atom stereocenters. The summed E-state index contributed by atoms with van der Waals surface area (Å²) in [5, 5.41) is 0. The van der Waals surface area contributed by atoms with Gasteiger partial charge in [-0.25, -0.2) is 14.4 Å². The van der Waals surface area contributed by atoms with Crippen LogP contribution >= 0.6 is 0 Å². The Bertz CT molecular complexity index is 1270. The van der Waals surface area contributed by atoms with Crippen molar-refractivity contribution in [1.82, 2.24) is 0 Å². The first kappa shape index (κ1) is 34.2. The van der Waals surface area contributed by atoms with Crippen molar-refractivity contribution < 1.29 is 52.3 Å². The number of methoxy groups -OCH3 is 1. The third-order valence-electron chi connectivity index (χ3n) is 5.20. The number of hydrogen-bond donors (Lipinski definition) is 0. The van der Waals surface area contributed by atoms with Crippen molar-refractivity contribution in [1.29, 1.82) is 0 Å². The van der Waals surface area contributed by atoms with Gasteiger partial charge in [-0.2, -0.15) is 0 Å². The maximum Gasteiger partial charge on any atom is 0.330 e. The predicted octanol–water partition coefficient (Wildman–Crippen LogP) is 4.21. The minimum atomic E-state index is -0.558. The fraction of sp³-hybridized carbons (Fsp3) is 0.281. The minimum Gasteiger partial charge on any atom is -0.487 e. The highest BCUT2D eigenvalue weighted by molar-refractivity contribution is 5.81. The molecule has 2 aromatic rings. The molecule has 0 aliphatic rings. The van der Waals surface area contributed by atoms with Gasteiger partial charge in [0.1, 0.15) is 46.2 Å². The molecule has 0 bridgehead atoms. The fourth-order valence-corrected chi connectivity index (χ4v) is 3.21. The van der Waals surface area contributed by atoms with Crippen LogP contribution in [-0.4, -0.2) is 77.9 Å². The minimum absolute atomic E-state index is 0.00960. The fourth-order valence-electron chi connectivity index (χ4n) is 3.21. The third kappa shape index (κ3) is 13.5. The molecule has 230 valence electrons. The first-order chi connectivity index (χ1) is 20.9. The lowest BCUT2D eigenvalue weighted by molar-refractivity contribution is -0.139. The molecule has 0 heterocycles. The van der Waals surface area contributed by atoms with E-state index in [1.807, 2.05) is 24.3 Å². The molecular formula is C32H36O11. The van der Waals surface area contributed by atoms with E-state index in [0.29, 0.717) is 36.2 Å². The van der Waals surface area contributed by atoms with Crippen LogP contribution < -0.4 is 18.9 Å². The molecule has 0 unspecified atom stereocenters. The summed E-state index contributed by atoms with van der Waals surface area (Å²) >= 11 is 0. The quantitative estimate of drug-likeness (QED) is 0.0677. The van der Waals surface area contributed by atoms with Gasteiger partial charge in [-0.05, 0) is 35.4 Å². The van der Waals surface area contributed by atoms with E-state index in [4.69, 9.17) is 37.9 Å². The van der Waals surface area contributed by atoms with Crippen molar-refractivity contribution >= 4 is 30.1 Å². The zero-order valence-electron chi connectivity index (χ0n) is 24.1. The van der Waals surface area contributed by atoms with Crippen LogP contribution in [0.25, 0.3) is 12.2 Å². The van der Waals surface area contributed by atoms with E-state index >= 15 is 0 Å². The van der Waals surface area contributed by atoms with E-state index in [9.17, 15) is 14.4 Å². The lowest BCUT2D eigenvalue weighted by Gasteiger charge is -2.14. The third-order valence-corrected chi connectivity index (χ3v) is 5.20. The molecule has 11 nitrogen and oxygen atoms in total. The summed E-state index contributed by atoms with van der Waals surface area (Å²) in [5.41, 5.74) is 1.59. The van der Waals surface area contributed by atoms with Crippen LogP contribution in [0.15, 0.2) is 74.4 Å². The van der Waals surface area contributed by atoms with Gasteiger partial charge >= 0.3 is 17.9 Å². The molecule has 0 fully saturated rings. The average molecular weight is 597 g/mol. The highest BCUT2D eigenvalue weighted by Gasteiger charge is 2.10. The number of ether oxygens (including phenoxy) is 8.